The van der Waals surface area contributed by atoms with E-state index >= 15 is 0 Å². The molecular formula is C21H29N3O3. The number of aromatic nitrogens is 1. The topological polar surface area (TPSA) is 64.8 Å². The van der Waals surface area contributed by atoms with E-state index in [9.17, 15) is 4.79 Å². The van der Waals surface area contributed by atoms with E-state index in [1.165, 1.54) is 5.69 Å². The third-order valence-electron chi connectivity index (χ3n) is 4.24. The Balaban J connectivity index is 1.93. The van der Waals surface area contributed by atoms with Crippen molar-refractivity contribution in [3.8, 4) is 11.5 Å². The summed E-state index contributed by atoms with van der Waals surface area (Å²) in [5.41, 5.74) is 5.82. The molecular weight excluding hydrogens is 342 g/mol. The smallest absolute Gasteiger partial charge is 0.280 e. The number of hydrogen-bond acceptors (Lipinski definition) is 4. The molecule has 0 aliphatic heterocycles. The van der Waals surface area contributed by atoms with Gasteiger partial charge in [0.25, 0.3) is 5.91 Å². The van der Waals surface area contributed by atoms with E-state index in [1.807, 2.05) is 26.0 Å². The van der Waals surface area contributed by atoms with E-state index in [2.05, 4.69) is 41.9 Å². The Bertz CT molecular complexity index is 792. The first kappa shape index (κ1) is 20.6. The lowest BCUT2D eigenvalue weighted by molar-refractivity contribution is -0.127. The van der Waals surface area contributed by atoms with E-state index in [0.717, 1.165) is 17.0 Å². The van der Waals surface area contributed by atoms with Gasteiger partial charge in [-0.1, -0.05) is 0 Å². The molecule has 1 amide bonds. The summed E-state index contributed by atoms with van der Waals surface area (Å²) >= 11 is 0. The fraction of sp³-hybridized carbons (Fsp3) is 0.429. The van der Waals surface area contributed by atoms with Crippen LogP contribution in [0.1, 0.15) is 50.7 Å². The molecule has 0 fully saturated rings. The van der Waals surface area contributed by atoms with Crippen LogP contribution in [0.2, 0.25) is 0 Å². The third kappa shape index (κ3) is 5.36. The maximum Gasteiger partial charge on any atom is 0.280 e. The summed E-state index contributed by atoms with van der Waals surface area (Å²) in [6.45, 7) is 12.6. The van der Waals surface area contributed by atoms with Crippen molar-refractivity contribution in [3.63, 3.8) is 0 Å². The second kappa shape index (κ2) is 9.26. The standard InChI is InChI=1S/C21H29N3O3/c1-7-26-19-8-10-20(11-9-19)27-17(6)21(25)23-22-13-18-12-15(4)24(14(2)3)16(18)5/h8-14,17H,7H2,1-6H3,(H,23,25)/b22-13-/t17-/m0/s1. The summed E-state index contributed by atoms with van der Waals surface area (Å²) in [6, 6.07) is 9.62. The Morgan fingerprint density at radius 3 is 2.37 bits per heavy atom. The fourth-order valence-electron chi connectivity index (χ4n) is 3.02. The number of nitrogens with zero attached hydrogens (tertiary/aromatic N) is 2. The Labute approximate surface area is 161 Å². The van der Waals surface area contributed by atoms with Gasteiger partial charge in [0, 0.05) is 23.0 Å². The molecule has 1 aromatic heterocycles. The van der Waals surface area contributed by atoms with Crippen molar-refractivity contribution in [2.24, 2.45) is 5.10 Å². The van der Waals surface area contributed by atoms with Gasteiger partial charge in [-0.2, -0.15) is 5.10 Å². The molecule has 0 spiro atoms. The molecule has 0 unspecified atom stereocenters. The van der Waals surface area contributed by atoms with Gasteiger partial charge in [0.05, 0.1) is 12.8 Å². The number of carbonyl (C=O) groups excluding carboxylic acids is 1. The maximum absolute atomic E-state index is 12.2. The summed E-state index contributed by atoms with van der Waals surface area (Å²) in [5.74, 6) is 1.06. The fourth-order valence-corrected chi connectivity index (χ4v) is 3.02. The van der Waals surface area contributed by atoms with Crippen molar-refractivity contribution in [1.29, 1.82) is 0 Å². The van der Waals surface area contributed by atoms with Gasteiger partial charge in [0.1, 0.15) is 11.5 Å². The van der Waals surface area contributed by atoms with Gasteiger partial charge in [-0.05, 0) is 71.9 Å². The van der Waals surface area contributed by atoms with E-state index < -0.39 is 6.10 Å². The van der Waals surface area contributed by atoms with Crippen LogP contribution < -0.4 is 14.9 Å². The highest BCUT2D eigenvalue weighted by atomic mass is 16.5. The molecule has 0 radical (unpaired) electrons. The molecule has 6 nitrogen and oxygen atoms in total. The highest BCUT2D eigenvalue weighted by Gasteiger charge is 2.14. The van der Waals surface area contributed by atoms with Crippen LogP contribution in [-0.2, 0) is 4.79 Å². The molecule has 27 heavy (non-hydrogen) atoms. The van der Waals surface area contributed by atoms with Gasteiger partial charge in [0.2, 0.25) is 0 Å². The van der Waals surface area contributed by atoms with Crippen LogP contribution in [0.25, 0.3) is 0 Å². The predicted molar refractivity (Wildman–Crippen MR) is 108 cm³/mol. The number of ether oxygens (including phenoxy) is 2. The largest absolute Gasteiger partial charge is 0.494 e. The minimum absolute atomic E-state index is 0.308. The van der Waals surface area contributed by atoms with Crippen molar-refractivity contribution < 1.29 is 14.3 Å². The van der Waals surface area contributed by atoms with Crippen LogP contribution in [0, 0.1) is 13.8 Å². The molecule has 146 valence electrons. The van der Waals surface area contributed by atoms with Gasteiger partial charge in [-0.3, -0.25) is 4.79 Å². The minimum Gasteiger partial charge on any atom is -0.494 e. The summed E-state index contributed by atoms with van der Waals surface area (Å²) in [6.07, 6.45) is 1.01. The molecule has 6 heteroatoms. The first-order chi connectivity index (χ1) is 12.8. The van der Waals surface area contributed by atoms with Crippen molar-refractivity contribution >= 4 is 12.1 Å². The van der Waals surface area contributed by atoms with Gasteiger partial charge >= 0.3 is 0 Å². The van der Waals surface area contributed by atoms with E-state index in [1.54, 1.807) is 25.3 Å². The molecule has 0 aliphatic rings. The van der Waals surface area contributed by atoms with Crippen LogP contribution in [0.15, 0.2) is 35.4 Å². The predicted octanol–water partition coefficient (Wildman–Crippen LogP) is 4.00. The number of amides is 1. The summed E-state index contributed by atoms with van der Waals surface area (Å²) in [4.78, 5) is 12.2. The van der Waals surface area contributed by atoms with Crippen LogP contribution in [0.5, 0.6) is 11.5 Å². The Hall–Kier alpha value is -2.76. The summed E-state index contributed by atoms with van der Waals surface area (Å²) < 4.78 is 13.3. The van der Waals surface area contributed by atoms with Gasteiger partial charge < -0.3 is 14.0 Å². The maximum atomic E-state index is 12.2. The molecule has 1 heterocycles. The average Bonchev–Trinajstić information content (AvgIpc) is 2.90. The molecule has 0 saturated heterocycles. The lowest BCUT2D eigenvalue weighted by atomic mass is 10.2. The Kier molecular flexibility index (Phi) is 7.05. The lowest BCUT2D eigenvalue weighted by Crippen LogP contribution is -2.33. The summed E-state index contributed by atoms with van der Waals surface area (Å²) in [7, 11) is 0. The minimum atomic E-state index is -0.664. The summed E-state index contributed by atoms with van der Waals surface area (Å²) in [5, 5.41) is 4.08. The zero-order chi connectivity index (χ0) is 20.0. The molecule has 1 atom stereocenters. The second-order valence-electron chi connectivity index (χ2n) is 6.69. The van der Waals surface area contributed by atoms with Crippen molar-refractivity contribution in [2.75, 3.05) is 6.61 Å². The molecule has 2 aromatic rings. The molecule has 0 saturated carbocycles. The first-order valence-corrected chi connectivity index (χ1v) is 9.24. The van der Waals surface area contributed by atoms with Crippen LogP contribution in [0.4, 0.5) is 0 Å². The number of benzene rings is 1. The zero-order valence-electron chi connectivity index (χ0n) is 16.9. The third-order valence-corrected chi connectivity index (χ3v) is 4.24. The number of carbonyl (C=O) groups is 1. The average molecular weight is 371 g/mol. The van der Waals surface area contributed by atoms with Crippen molar-refractivity contribution in [3.05, 3.63) is 47.3 Å². The molecule has 1 aromatic carbocycles. The van der Waals surface area contributed by atoms with Crippen molar-refractivity contribution in [1.82, 2.24) is 9.99 Å². The van der Waals surface area contributed by atoms with Crippen LogP contribution in [-0.4, -0.2) is 29.4 Å². The Morgan fingerprint density at radius 2 is 1.81 bits per heavy atom. The first-order valence-electron chi connectivity index (χ1n) is 9.24. The number of rotatable bonds is 8. The van der Waals surface area contributed by atoms with E-state index in [-0.39, 0.29) is 5.91 Å². The van der Waals surface area contributed by atoms with Crippen molar-refractivity contribution in [2.45, 2.75) is 53.7 Å². The number of aryl methyl sites for hydroxylation is 1. The Morgan fingerprint density at radius 1 is 1.19 bits per heavy atom. The van der Waals surface area contributed by atoms with E-state index in [0.29, 0.717) is 18.4 Å². The second-order valence-corrected chi connectivity index (χ2v) is 6.69. The zero-order valence-corrected chi connectivity index (χ0v) is 16.9. The number of nitrogens with one attached hydrogen (secondary N) is 1. The molecule has 0 bridgehead atoms. The van der Waals surface area contributed by atoms with Crippen LogP contribution in [0.3, 0.4) is 0 Å². The van der Waals surface area contributed by atoms with Crippen LogP contribution >= 0.6 is 0 Å². The highest BCUT2D eigenvalue weighted by Crippen LogP contribution is 2.19. The normalized spacial score (nSPS) is 12.4. The monoisotopic (exact) mass is 371 g/mol. The lowest BCUT2D eigenvalue weighted by Gasteiger charge is -2.13. The SMILES string of the molecule is CCOc1ccc(O[C@@H](C)C(=O)N/N=C\c2cc(C)n(C(C)C)c2C)cc1. The highest BCUT2D eigenvalue weighted by molar-refractivity contribution is 5.85. The van der Waals surface area contributed by atoms with Gasteiger partial charge in [-0.15, -0.1) is 0 Å². The molecule has 0 aliphatic carbocycles. The molecule has 2 rings (SSSR count). The number of hydrogen-bond donors (Lipinski definition) is 1. The molecule has 1 N–H and O–H groups in total. The quantitative estimate of drug-likeness (QED) is 0.563. The van der Waals surface area contributed by atoms with Gasteiger partial charge in [0.15, 0.2) is 6.10 Å². The number of hydrazone groups is 1. The van der Waals surface area contributed by atoms with Gasteiger partial charge in [-0.25, -0.2) is 5.43 Å². The van der Waals surface area contributed by atoms with E-state index in [4.69, 9.17) is 9.47 Å².